The number of nitrogens with one attached hydrogen (secondary N) is 2. The number of carbonyl (C=O) groups is 4. The van der Waals surface area contributed by atoms with Crippen molar-refractivity contribution in [3.05, 3.63) is 12.2 Å². The predicted octanol–water partition coefficient (Wildman–Crippen LogP) is 0.172. The SMILES string of the molecule is CC(C)NC(=O)NC(=O)CN1C(=O)[C@@H]2CC=CC[C@H]2C1=O. The predicted molar refractivity (Wildman–Crippen MR) is 73.9 cm³/mol. The van der Waals surface area contributed by atoms with Gasteiger partial charge in [0.2, 0.25) is 17.7 Å². The lowest BCUT2D eigenvalue weighted by Gasteiger charge is -2.14. The normalized spacial score (nSPS) is 24.2. The smallest absolute Gasteiger partial charge is 0.321 e. The molecule has 1 fully saturated rings. The Labute approximate surface area is 122 Å². The van der Waals surface area contributed by atoms with Crippen molar-refractivity contribution in [2.75, 3.05) is 6.54 Å². The van der Waals surface area contributed by atoms with Gasteiger partial charge in [0.05, 0.1) is 11.8 Å². The summed E-state index contributed by atoms with van der Waals surface area (Å²) in [6, 6.07) is -0.741. The number of fused-ring (bicyclic) bond motifs is 1. The molecule has 0 spiro atoms. The van der Waals surface area contributed by atoms with Gasteiger partial charge in [-0.05, 0) is 26.7 Å². The van der Waals surface area contributed by atoms with Crippen molar-refractivity contribution in [3.8, 4) is 0 Å². The van der Waals surface area contributed by atoms with Crippen molar-refractivity contribution in [2.24, 2.45) is 11.8 Å². The van der Waals surface area contributed by atoms with Crippen LogP contribution in [0.3, 0.4) is 0 Å². The van der Waals surface area contributed by atoms with Gasteiger partial charge in [0.1, 0.15) is 6.54 Å². The zero-order valence-electron chi connectivity index (χ0n) is 12.1. The molecule has 114 valence electrons. The van der Waals surface area contributed by atoms with Gasteiger partial charge in [-0.2, -0.15) is 0 Å². The molecule has 0 aromatic rings. The summed E-state index contributed by atoms with van der Waals surface area (Å²) in [5, 5.41) is 4.61. The van der Waals surface area contributed by atoms with E-state index in [0.29, 0.717) is 12.8 Å². The summed E-state index contributed by atoms with van der Waals surface area (Å²) in [5.41, 5.74) is 0. The average Bonchev–Trinajstić information content (AvgIpc) is 2.63. The second kappa shape index (κ2) is 6.07. The van der Waals surface area contributed by atoms with Crippen LogP contribution in [0.25, 0.3) is 0 Å². The van der Waals surface area contributed by atoms with Crippen LogP contribution in [0, 0.1) is 11.8 Å². The topological polar surface area (TPSA) is 95.6 Å². The first-order chi connectivity index (χ1) is 9.90. The number of amides is 5. The fourth-order valence-electron chi connectivity index (χ4n) is 2.63. The highest BCUT2D eigenvalue weighted by Gasteiger charge is 2.47. The molecule has 0 aromatic heterocycles. The highest BCUT2D eigenvalue weighted by Crippen LogP contribution is 2.34. The van der Waals surface area contributed by atoms with Crippen LogP contribution in [0.5, 0.6) is 0 Å². The Morgan fingerprint density at radius 1 is 1.19 bits per heavy atom. The van der Waals surface area contributed by atoms with E-state index in [4.69, 9.17) is 0 Å². The van der Waals surface area contributed by atoms with Crippen molar-refractivity contribution >= 4 is 23.8 Å². The van der Waals surface area contributed by atoms with E-state index in [-0.39, 0.29) is 29.7 Å². The molecule has 1 heterocycles. The molecule has 1 aliphatic heterocycles. The molecule has 2 aliphatic rings. The second-order valence-corrected chi connectivity index (χ2v) is 5.59. The largest absolute Gasteiger partial charge is 0.336 e. The van der Waals surface area contributed by atoms with E-state index < -0.39 is 18.5 Å². The van der Waals surface area contributed by atoms with Crippen LogP contribution in [0.1, 0.15) is 26.7 Å². The highest BCUT2D eigenvalue weighted by molar-refractivity contribution is 6.08. The molecule has 0 bridgehead atoms. The Hall–Kier alpha value is -2.18. The molecule has 7 heteroatoms. The van der Waals surface area contributed by atoms with E-state index in [1.807, 2.05) is 12.2 Å². The molecule has 0 radical (unpaired) electrons. The second-order valence-electron chi connectivity index (χ2n) is 5.59. The summed E-state index contributed by atoms with van der Waals surface area (Å²) in [4.78, 5) is 48.4. The molecule has 0 unspecified atom stereocenters. The third kappa shape index (κ3) is 3.29. The summed E-state index contributed by atoms with van der Waals surface area (Å²) >= 11 is 0. The van der Waals surface area contributed by atoms with E-state index in [0.717, 1.165) is 4.90 Å². The Balaban J connectivity index is 1.94. The summed E-state index contributed by atoms with van der Waals surface area (Å²) in [6.07, 6.45) is 4.82. The number of hydrogen-bond acceptors (Lipinski definition) is 4. The van der Waals surface area contributed by atoms with Gasteiger partial charge >= 0.3 is 6.03 Å². The van der Waals surface area contributed by atoms with Gasteiger partial charge in [0.25, 0.3) is 0 Å². The van der Waals surface area contributed by atoms with E-state index in [1.165, 1.54) is 0 Å². The Morgan fingerprint density at radius 2 is 1.71 bits per heavy atom. The maximum atomic E-state index is 12.1. The van der Waals surface area contributed by atoms with E-state index >= 15 is 0 Å². The van der Waals surface area contributed by atoms with Crippen LogP contribution in [0.4, 0.5) is 4.79 Å². The first-order valence-corrected chi connectivity index (χ1v) is 7.00. The molecule has 21 heavy (non-hydrogen) atoms. The molecule has 5 amide bonds. The van der Waals surface area contributed by atoms with Crippen LogP contribution in [-0.2, 0) is 14.4 Å². The van der Waals surface area contributed by atoms with Gasteiger partial charge < -0.3 is 5.32 Å². The van der Waals surface area contributed by atoms with Crippen LogP contribution >= 0.6 is 0 Å². The number of allylic oxidation sites excluding steroid dienone is 2. The van der Waals surface area contributed by atoms with Crippen LogP contribution in [0.2, 0.25) is 0 Å². The van der Waals surface area contributed by atoms with Crippen LogP contribution < -0.4 is 10.6 Å². The van der Waals surface area contributed by atoms with Gasteiger partial charge in [-0.3, -0.25) is 24.6 Å². The zero-order valence-corrected chi connectivity index (χ0v) is 12.1. The molecule has 1 aliphatic carbocycles. The molecule has 1 saturated heterocycles. The summed E-state index contributed by atoms with van der Waals surface area (Å²) in [6.45, 7) is 3.11. The minimum absolute atomic E-state index is 0.109. The Kier molecular flexibility index (Phi) is 4.40. The quantitative estimate of drug-likeness (QED) is 0.573. The first-order valence-electron chi connectivity index (χ1n) is 7.00. The van der Waals surface area contributed by atoms with Crippen molar-refractivity contribution < 1.29 is 19.2 Å². The van der Waals surface area contributed by atoms with Crippen molar-refractivity contribution in [1.82, 2.24) is 15.5 Å². The molecular weight excluding hydrogens is 274 g/mol. The van der Waals surface area contributed by atoms with Crippen LogP contribution in [-0.4, -0.2) is 41.2 Å². The zero-order chi connectivity index (χ0) is 15.6. The number of carbonyl (C=O) groups excluding carboxylic acids is 4. The number of likely N-dealkylation sites (tertiary alicyclic amines) is 1. The number of urea groups is 1. The summed E-state index contributed by atoms with van der Waals surface area (Å²) in [7, 11) is 0. The van der Waals surface area contributed by atoms with Gasteiger partial charge in [-0.25, -0.2) is 4.79 Å². The Bertz CT molecular complexity index is 486. The van der Waals surface area contributed by atoms with Gasteiger partial charge in [0, 0.05) is 6.04 Å². The van der Waals surface area contributed by atoms with Crippen molar-refractivity contribution in [3.63, 3.8) is 0 Å². The van der Waals surface area contributed by atoms with Gasteiger partial charge in [-0.1, -0.05) is 12.2 Å². The van der Waals surface area contributed by atoms with Crippen molar-refractivity contribution in [2.45, 2.75) is 32.7 Å². The minimum atomic E-state index is -0.665. The van der Waals surface area contributed by atoms with Gasteiger partial charge in [0.15, 0.2) is 0 Å². The number of imide groups is 2. The van der Waals surface area contributed by atoms with E-state index in [9.17, 15) is 19.2 Å². The van der Waals surface area contributed by atoms with E-state index in [2.05, 4.69) is 10.6 Å². The average molecular weight is 293 g/mol. The first kappa shape index (κ1) is 15.2. The molecule has 2 atom stereocenters. The van der Waals surface area contributed by atoms with Gasteiger partial charge in [-0.15, -0.1) is 0 Å². The maximum absolute atomic E-state index is 12.1. The minimum Gasteiger partial charge on any atom is -0.336 e. The number of rotatable bonds is 3. The monoisotopic (exact) mass is 293 g/mol. The number of hydrogen-bond donors (Lipinski definition) is 2. The lowest BCUT2D eigenvalue weighted by molar-refractivity contribution is -0.143. The molecule has 0 saturated carbocycles. The highest BCUT2D eigenvalue weighted by atomic mass is 16.2. The van der Waals surface area contributed by atoms with Crippen LogP contribution in [0.15, 0.2) is 12.2 Å². The van der Waals surface area contributed by atoms with E-state index in [1.54, 1.807) is 13.8 Å². The summed E-state index contributed by atoms with van der Waals surface area (Å²) in [5.74, 6) is -2.04. The number of nitrogens with zero attached hydrogens (tertiary/aromatic N) is 1. The molecule has 0 aromatic carbocycles. The summed E-state index contributed by atoms with van der Waals surface area (Å²) < 4.78 is 0. The maximum Gasteiger partial charge on any atom is 0.321 e. The third-order valence-corrected chi connectivity index (χ3v) is 3.57. The van der Waals surface area contributed by atoms with Crippen molar-refractivity contribution in [1.29, 1.82) is 0 Å². The Morgan fingerprint density at radius 3 is 2.19 bits per heavy atom. The fraction of sp³-hybridized carbons (Fsp3) is 0.571. The lowest BCUT2D eigenvalue weighted by Crippen LogP contribution is -2.47. The molecule has 7 nitrogen and oxygen atoms in total. The molecular formula is C14H19N3O4. The molecule has 2 N–H and O–H groups in total. The third-order valence-electron chi connectivity index (χ3n) is 3.57. The standard InChI is InChI=1S/C14H19N3O4/c1-8(2)15-14(21)16-11(18)7-17-12(19)9-5-3-4-6-10(9)13(17)20/h3-4,8-10H,5-7H2,1-2H3,(H2,15,16,18,21)/t9-,10-/m1/s1. The fourth-order valence-corrected chi connectivity index (χ4v) is 2.63. The molecule has 2 rings (SSSR count). The lowest BCUT2D eigenvalue weighted by atomic mass is 9.85.